The van der Waals surface area contributed by atoms with Crippen molar-refractivity contribution in [2.24, 2.45) is 0 Å². The number of hydrogen-bond donors (Lipinski definition) is 1. The quantitative estimate of drug-likeness (QED) is 0.765. The van der Waals surface area contributed by atoms with Crippen LogP contribution in [-0.2, 0) is 16.4 Å². The van der Waals surface area contributed by atoms with Gasteiger partial charge in [-0.05, 0) is 31.4 Å². The summed E-state index contributed by atoms with van der Waals surface area (Å²) in [5, 5.41) is 4.38. The van der Waals surface area contributed by atoms with E-state index in [4.69, 9.17) is 0 Å². The molecule has 5 nitrogen and oxygen atoms in total. The summed E-state index contributed by atoms with van der Waals surface area (Å²) in [6, 6.07) is 11.3. The highest BCUT2D eigenvalue weighted by Gasteiger charge is 2.23. The molecule has 1 amide bonds. The third-order valence-corrected chi connectivity index (χ3v) is 6.97. The maximum absolute atomic E-state index is 12.7. The molecule has 1 atom stereocenters. The number of likely N-dealkylation sites (N-methyl/N-ethyl adjacent to an activating group) is 1. The summed E-state index contributed by atoms with van der Waals surface area (Å²) in [6.07, 6.45) is 1.46. The SMILES string of the molecule is CC[C@@H](C)NC(=O)c1cc(S(=O)(=O)N(C)CCc2ccccc2)cs1. The zero-order valence-electron chi connectivity index (χ0n) is 14.7. The molecular formula is C18H24N2O3S2. The first kappa shape index (κ1) is 19.6. The summed E-state index contributed by atoms with van der Waals surface area (Å²) in [5.41, 5.74) is 1.09. The highest BCUT2D eigenvalue weighted by molar-refractivity contribution is 7.89. The van der Waals surface area contributed by atoms with E-state index in [1.54, 1.807) is 7.05 Å². The molecule has 0 aliphatic carbocycles. The van der Waals surface area contributed by atoms with Crippen molar-refractivity contribution in [3.05, 3.63) is 52.2 Å². The Hall–Kier alpha value is -1.70. The highest BCUT2D eigenvalue weighted by Crippen LogP contribution is 2.22. The Morgan fingerprint density at radius 1 is 1.28 bits per heavy atom. The maximum atomic E-state index is 12.7. The van der Waals surface area contributed by atoms with Crippen LogP contribution in [0.15, 0.2) is 46.7 Å². The van der Waals surface area contributed by atoms with E-state index in [1.165, 1.54) is 15.8 Å². The normalized spacial score (nSPS) is 13.0. The molecule has 0 saturated heterocycles. The zero-order valence-corrected chi connectivity index (χ0v) is 16.4. The predicted octanol–water partition coefficient (Wildman–Crippen LogP) is 3.14. The Kier molecular flexibility index (Phi) is 6.75. The second-order valence-corrected chi connectivity index (χ2v) is 8.95. The van der Waals surface area contributed by atoms with Crippen LogP contribution in [0.2, 0.25) is 0 Å². The van der Waals surface area contributed by atoms with Crippen LogP contribution in [0.25, 0.3) is 0 Å². The average Bonchev–Trinajstić information content (AvgIpc) is 3.11. The first-order valence-electron chi connectivity index (χ1n) is 8.24. The van der Waals surface area contributed by atoms with E-state index in [1.807, 2.05) is 44.2 Å². The number of amides is 1. The largest absolute Gasteiger partial charge is 0.349 e. The van der Waals surface area contributed by atoms with Crippen molar-refractivity contribution in [1.29, 1.82) is 0 Å². The Morgan fingerprint density at radius 2 is 1.96 bits per heavy atom. The fraction of sp³-hybridized carbons (Fsp3) is 0.389. The molecule has 1 aromatic heterocycles. The van der Waals surface area contributed by atoms with Crippen LogP contribution < -0.4 is 5.32 Å². The minimum Gasteiger partial charge on any atom is -0.349 e. The number of sulfonamides is 1. The van der Waals surface area contributed by atoms with Gasteiger partial charge in [0.1, 0.15) is 0 Å². The molecule has 0 radical (unpaired) electrons. The summed E-state index contributed by atoms with van der Waals surface area (Å²) in [6.45, 7) is 4.29. The first-order chi connectivity index (χ1) is 11.8. The number of nitrogens with zero attached hydrogens (tertiary/aromatic N) is 1. The molecule has 0 spiro atoms. The summed E-state index contributed by atoms with van der Waals surface area (Å²) in [7, 11) is -2.03. The van der Waals surface area contributed by atoms with Gasteiger partial charge in [0.25, 0.3) is 5.91 Å². The molecule has 25 heavy (non-hydrogen) atoms. The number of thiophene rings is 1. The molecule has 0 bridgehead atoms. The van der Waals surface area contributed by atoms with Gasteiger partial charge in [0, 0.05) is 25.0 Å². The Morgan fingerprint density at radius 3 is 2.60 bits per heavy atom. The van der Waals surface area contributed by atoms with E-state index in [0.717, 1.165) is 23.3 Å². The summed E-state index contributed by atoms with van der Waals surface area (Å²) in [4.78, 5) is 12.7. The number of nitrogens with one attached hydrogen (secondary N) is 1. The van der Waals surface area contributed by atoms with E-state index >= 15 is 0 Å². The van der Waals surface area contributed by atoms with E-state index < -0.39 is 10.0 Å². The highest BCUT2D eigenvalue weighted by atomic mass is 32.2. The van der Waals surface area contributed by atoms with Gasteiger partial charge in [-0.25, -0.2) is 12.7 Å². The molecule has 0 fully saturated rings. The lowest BCUT2D eigenvalue weighted by Crippen LogP contribution is -2.31. The molecule has 0 unspecified atom stereocenters. The van der Waals surface area contributed by atoms with Crippen LogP contribution in [0.5, 0.6) is 0 Å². The molecule has 1 N–H and O–H groups in total. The molecule has 0 aliphatic rings. The van der Waals surface area contributed by atoms with Crippen molar-refractivity contribution < 1.29 is 13.2 Å². The second-order valence-electron chi connectivity index (χ2n) is 5.99. The third-order valence-electron chi connectivity index (χ3n) is 4.06. The van der Waals surface area contributed by atoms with Crippen LogP contribution in [0, 0.1) is 0 Å². The smallest absolute Gasteiger partial charge is 0.261 e. The predicted molar refractivity (Wildman–Crippen MR) is 102 cm³/mol. The maximum Gasteiger partial charge on any atom is 0.261 e. The molecule has 1 aromatic carbocycles. The molecule has 7 heteroatoms. The Balaban J connectivity index is 2.05. The summed E-state index contributed by atoms with van der Waals surface area (Å²) < 4.78 is 26.7. The third kappa shape index (κ3) is 5.14. The minimum absolute atomic E-state index is 0.0585. The molecular weight excluding hydrogens is 356 g/mol. The Bertz CT molecular complexity index is 801. The number of benzene rings is 1. The molecule has 1 heterocycles. The zero-order chi connectivity index (χ0) is 18.4. The van der Waals surface area contributed by atoms with Gasteiger partial charge in [-0.2, -0.15) is 0 Å². The lowest BCUT2D eigenvalue weighted by atomic mass is 10.2. The van der Waals surface area contributed by atoms with E-state index in [9.17, 15) is 13.2 Å². The van der Waals surface area contributed by atoms with E-state index in [0.29, 0.717) is 17.8 Å². The van der Waals surface area contributed by atoms with Gasteiger partial charge >= 0.3 is 0 Å². The molecule has 2 rings (SSSR count). The minimum atomic E-state index is -3.59. The van der Waals surface area contributed by atoms with Gasteiger partial charge in [-0.15, -0.1) is 11.3 Å². The van der Waals surface area contributed by atoms with Gasteiger partial charge in [0.2, 0.25) is 10.0 Å². The average molecular weight is 381 g/mol. The van der Waals surface area contributed by atoms with E-state index in [2.05, 4.69) is 5.32 Å². The fourth-order valence-electron chi connectivity index (χ4n) is 2.20. The number of rotatable bonds is 8. The van der Waals surface area contributed by atoms with Crippen molar-refractivity contribution in [1.82, 2.24) is 9.62 Å². The number of carbonyl (C=O) groups excluding carboxylic acids is 1. The molecule has 136 valence electrons. The second kappa shape index (κ2) is 8.60. The molecule has 0 aliphatic heterocycles. The summed E-state index contributed by atoms with van der Waals surface area (Å²) in [5.74, 6) is -0.229. The standard InChI is InChI=1S/C18H24N2O3S2/c1-4-14(2)19-18(21)17-12-16(13-24-17)25(22,23)20(3)11-10-15-8-6-5-7-9-15/h5-9,12-14H,4,10-11H2,1-3H3,(H,19,21)/t14-/m1/s1. The molecule has 2 aromatic rings. The fourth-order valence-corrected chi connectivity index (χ4v) is 4.54. The topological polar surface area (TPSA) is 66.5 Å². The lowest BCUT2D eigenvalue weighted by Gasteiger charge is -2.16. The van der Waals surface area contributed by atoms with Crippen LogP contribution >= 0.6 is 11.3 Å². The van der Waals surface area contributed by atoms with Crippen LogP contribution in [0.1, 0.15) is 35.5 Å². The van der Waals surface area contributed by atoms with Crippen molar-refractivity contribution in [2.75, 3.05) is 13.6 Å². The van der Waals surface area contributed by atoms with Crippen LogP contribution in [0.3, 0.4) is 0 Å². The number of hydrogen-bond acceptors (Lipinski definition) is 4. The van der Waals surface area contributed by atoms with Gasteiger partial charge in [0.15, 0.2) is 0 Å². The molecule has 0 saturated carbocycles. The van der Waals surface area contributed by atoms with Gasteiger partial charge in [-0.3, -0.25) is 4.79 Å². The van der Waals surface area contributed by atoms with Gasteiger partial charge in [0.05, 0.1) is 9.77 Å². The lowest BCUT2D eigenvalue weighted by molar-refractivity contribution is 0.0943. The number of carbonyl (C=O) groups is 1. The van der Waals surface area contributed by atoms with E-state index in [-0.39, 0.29) is 16.8 Å². The van der Waals surface area contributed by atoms with Crippen molar-refractivity contribution in [3.8, 4) is 0 Å². The van der Waals surface area contributed by atoms with Crippen molar-refractivity contribution in [3.63, 3.8) is 0 Å². The van der Waals surface area contributed by atoms with Crippen molar-refractivity contribution in [2.45, 2.75) is 37.6 Å². The van der Waals surface area contributed by atoms with Gasteiger partial charge in [-0.1, -0.05) is 37.3 Å². The monoisotopic (exact) mass is 380 g/mol. The van der Waals surface area contributed by atoms with Crippen LogP contribution in [-0.4, -0.2) is 38.3 Å². The first-order valence-corrected chi connectivity index (χ1v) is 10.6. The Labute approximate surface area is 153 Å². The van der Waals surface area contributed by atoms with Gasteiger partial charge < -0.3 is 5.32 Å². The van der Waals surface area contributed by atoms with Crippen LogP contribution in [0.4, 0.5) is 0 Å². The van der Waals surface area contributed by atoms with Crippen molar-refractivity contribution >= 4 is 27.3 Å². The summed E-state index contributed by atoms with van der Waals surface area (Å²) >= 11 is 1.15.